The predicted molar refractivity (Wildman–Crippen MR) is 166 cm³/mol. The van der Waals surface area contributed by atoms with E-state index >= 15 is 0 Å². The number of β-amino-alcohol motifs (C(OH)–C–C–N with tert-alkyl or cyclic N) is 1. The Hall–Kier alpha value is -3.90. The molecule has 0 unspecified atom stereocenters. The fourth-order valence-corrected chi connectivity index (χ4v) is 6.89. The molecule has 0 saturated carbocycles. The summed E-state index contributed by atoms with van der Waals surface area (Å²) in [6, 6.07) is 11.6. The maximum atomic E-state index is 14.0. The average Bonchev–Trinajstić information content (AvgIpc) is 3.55. The second-order valence-corrected chi connectivity index (χ2v) is 12.6. The quantitative estimate of drug-likeness (QED) is 0.311. The number of nitrogens with one attached hydrogen (secondary N) is 2. The number of carbonyl (C=O) groups is 1. The average molecular weight is 625 g/mol. The van der Waals surface area contributed by atoms with Gasteiger partial charge in [-0.15, -0.1) is 0 Å². The Morgan fingerprint density at radius 2 is 1.89 bits per heavy atom. The molecule has 1 aromatic heterocycles. The summed E-state index contributed by atoms with van der Waals surface area (Å²) in [5, 5.41) is 15.8. The highest BCUT2D eigenvalue weighted by molar-refractivity contribution is 6.06. The number of aliphatic hydroxyl groups is 1. The fourth-order valence-electron chi connectivity index (χ4n) is 6.89. The normalized spacial score (nSPS) is 20.3. The SMILES string of the molecule is COc1cc(N2CCC(N3CC[C@@H](O)C3)CC2)ccc1Nc1ncc(C(F)(F)F)c(CCc2cccc3c2C(C)(C)C(=O)N3)n1. The number of likely N-dealkylation sites (tertiary alicyclic amines) is 1. The molecule has 0 radical (unpaired) electrons. The number of rotatable bonds is 8. The van der Waals surface area contributed by atoms with Crippen LogP contribution in [0.5, 0.6) is 5.75 Å². The van der Waals surface area contributed by atoms with Crippen molar-refractivity contribution in [3.05, 3.63) is 65.0 Å². The third-order valence-corrected chi connectivity index (χ3v) is 9.37. The minimum Gasteiger partial charge on any atom is -0.494 e. The van der Waals surface area contributed by atoms with Crippen LogP contribution in [0.25, 0.3) is 0 Å². The van der Waals surface area contributed by atoms with Gasteiger partial charge in [-0.05, 0) is 75.3 Å². The molecule has 0 bridgehead atoms. The van der Waals surface area contributed by atoms with Crippen LogP contribution < -0.4 is 20.3 Å². The van der Waals surface area contributed by atoms with Crippen molar-refractivity contribution in [3.8, 4) is 5.75 Å². The maximum absolute atomic E-state index is 14.0. The number of piperidine rings is 1. The molecule has 2 fully saturated rings. The summed E-state index contributed by atoms with van der Waals surface area (Å²) in [5.41, 5.74) is 2.04. The highest BCUT2D eigenvalue weighted by Gasteiger charge is 2.40. The highest BCUT2D eigenvalue weighted by atomic mass is 19.4. The van der Waals surface area contributed by atoms with E-state index in [1.807, 2.05) is 38.1 Å². The van der Waals surface area contributed by atoms with Gasteiger partial charge in [0, 0.05) is 55.9 Å². The molecule has 9 nitrogen and oxygen atoms in total. The van der Waals surface area contributed by atoms with Crippen LogP contribution in [0.2, 0.25) is 0 Å². The molecule has 2 saturated heterocycles. The summed E-state index contributed by atoms with van der Waals surface area (Å²) in [4.78, 5) is 25.5. The van der Waals surface area contributed by atoms with E-state index in [0.717, 1.165) is 68.5 Å². The number of amides is 1. The number of alkyl halides is 3. The number of hydrogen-bond donors (Lipinski definition) is 3. The molecule has 12 heteroatoms. The van der Waals surface area contributed by atoms with Gasteiger partial charge in [-0.25, -0.2) is 9.97 Å². The Labute approximate surface area is 260 Å². The number of anilines is 4. The zero-order valence-corrected chi connectivity index (χ0v) is 25.7. The third-order valence-electron chi connectivity index (χ3n) is 9.37. The zero-order chi connectivity index (χ0) is 31.9. The summed E-state index contributed by atoms with van der Waals surface area (Å²) in [5.74, 6) is 0.427. The number of carbonyl (C=O) groups excluding carboxylic acids is 1. The van der Waals surface area contributed by atoms with Crippen molar-refractivity contribution >= 4 is 28.9 Å². The Kier molecular flexibility index (Phi) is 8.38. The molecule has 3 aliphatic heterocycles. The first-order valence-corrected chi connectivity index (χ1v) is 15.4. The molecule has 3 N–H and O–H groups in total. The van der Waals surface area contributed by atoms with Crippen LogP contribution >= 0.6 is 0 Å². The number of aromatic nitrogens is 2. The number of aliphatic hydroxyl groups excluding tert-OH is 1. The number of ether oxygens (including phenoxy) is 1. The van der Waals surface area contributed by atoms with Crippen molar-refractivity contribution in [3.63, 3.8) is 0 Å². The summed E-state index contributed by atoms with van der Waals surface area (Å²) in [6.07, 6.45) is -0.893. The monoisotopic (exact) mass is 624 g/mol. The van der Waals surface area contributed by atoms with Crippen LogP contribution in [0.15, 0.2) is 42.6 Å². The number of nitrogens with zero attached hydrogens (tertiary/aromatic N) is 4. The van der Waals surface area contributed by atoms with Gasteiger partial charge in [-0.1, -0.05) is 12.1 Å². The lowest BCUT2D eigenvalue weighted by Gasteiger charge is -2.38. The van der Waals surface area contributed by atoms with E-state index in [1.54, 1.807) is 19.2 Å². The first-order chi connectivity index (χ1) is 21.4. The lowest BCUT2D eigenvalue weighted by atomic mass is 9.82. The minimum absolute atomic E-state index is 0.00911. The maximum Gasteiger partial charge on any atom is 0.419 e. The first kappa shape index (κ1) is 31.1. The highest BCUT2D eigenvalue weighted by Crippen LogP contribution is 2.41. The smallest absolute Gasteiger partial charge is 0.419 e. The van der Waals surface area contributed by atoms with E-state index < -0.39 is 17.2 Å². The lowest BCUT2D eigenvalue weighted by molar-refractivity contribution is -0.138. The van der Waals surface area contributed by atoms with Crippen molar-refractivity contribution in [2.24, 2.45) is 0 Å². The van der Waals surface area contributed by atoms with E-state index in [-0.39, 0.29) is 36.5 Å². The van der Waals surface area contributed by atoms with Crippen LogP contribution in [0.3, 0.4) is 0 Å². The van der Waals surface area contributed by atoms with E-state index in [1.165, 1.54) is 0 Å². The molecule has 2 aromatic carbocycles. The third kappa shape index (κ3) is 6.30. The predicted octanol–water partition coefficient (Wildman–Crippen LogP) is 5.30. The Morgan fingerprint density at radius 1 is 1.11 bits per heavy atom. The van der Waals surface area contributed by atoms with Crippen LogP contribution in [-0.4, -0.2) is 71.3 Å². The van der Waals surface area contributed by atoms with Gasteiger partial charge in [-0.3, -0.25) is 9.69 Å². The molecular formula is C33H39F3N6O3. The Bertz CT molecular complexity index is 1570. The number of fused-ring (bicyclic) bond motifs is 1. The largest absolute Gasteiger partial charge is 0.494 e. The fraction of sp³-hybridized carbons (Fsp3) is 0.485. The first-order valence-electron chi connectivity index (χ1n) is 15.4. The Balaban J connectivity index is 1.18. The zero-order valence-electron chi connectivity index (χ0n) is 25.7. The molecular weight excluding hydrogens is 585 g/mol. The molecule has 1 amide bonds. The molecule has 0 aliphatic carbocycles. The van der Waals surface area contributed by atoms with Crippen molar-refractivity contribution in [1.29, 1.82) is 0 Å². The van der Waals surface area contributed by atoms with Crippen molar-refractivity contribution in [1.82, 2.24) is 14.9 Å². The minimum atomic E-state index is -4.62. The molecule has 45 heavy (non-hydrogen) atoms. The summed E-state index contributed by atoms with van der Waals surface area (Å²) in [6.45, 7) is 7.07. The molecule has 4 heterocycles. The van der Waals surface area contributed by atoms with Crippen molar-refractivity contribution in [2.75, 3.05) is 48.8 Å². The van der Waals surface area contributed by atoms with Gasteiger partial charge in [0.25, 0.3) is 0 Å². The molecule has 6 rings (SSSR count). The summed E-state index contributed by atoms with van der Waals surface area (Å²) < 4.78 is 47.7. The number of methoxy groups -OCH3 is 1. The van der Waals surface area contributed by atoms with Crippen molar-refractivity contribution in [2.45, 2.75) is 69.7 Å². The second-order valence-electron chi connectivity index (χ2n) is 12.6. The van der Waals surface area contributed by atoms with Gasteiger partial charge in [0.2, 0.25) is 11.9 Å². The molecule has 3 aromatic rings. The van der Waals surface area contributed by atoms with Gasteiger partial charge < -0.3 is 25.4 Å². The number of halogens is 3. The van der Waals surface area contributed by atoms with Crippen LogP contribution in [-0.2, 0) is 29.2 Å². The van der Waals surface area contributed by atoms with Gasteiger partial charge in [0.1, 0.15) is 5.75 Å². The van der Waals surface area contributed by atoms with Gasteiger partial charge in [0.15, 0.2) is 0 Å². The topological polar surface area (TPSA) is 103 Å². The number of hydrogen-bond acceptors (Lipinski definition) is 8. The van der Waals surface area contributed by atoms with E-state index in [2.05, 4.69) is 30.4 Å². The van der Waals surface area contributed by atoms with Gasteiger partial charge in [-0.2, -0.15) is 13.2 Å². The number of benzene rings is 2. The van der Waals surface area contributed by atoms with Gasteiger partial charge in [0.05, 0.1) is 35.6 Å². The molecule has 240 valence electrons. The lowest BCUT2D eigenvalue weighted by Crippen LogP contribution is -2.44. The standard InChI is InChI=1S/C33H39F3N6O3/c1-32(2)29-20(5-4-6-27(29)38-30(32)44)7-9-25-24(33(34,35)36)18-37-31(39-25)40-26-10-8-22(17-28(26)45-3)41-14-11-21(12-15-41)42-16-13-23(43)19-42/h4-6,8,10,17-18,21,23,43H,7,9,11-16,19H2,1-3H3,(H,38,44)(H,37,39,40)/t23-/m1/s1. The van der Waals surface area contributed by atoms with Crippen LogP contribution in [0.1, 0.15) is 55.5 Å². The summed E-state index contributed by atoms with van der Waals surface area (Å²) in [7, 11) is 1.55. The Morgan fingerprint density at radius 3 is 2.58 bits per heavy atom. The van der Waals surface area contributed by atoms with Crippen LogP contribution in [0, 0.1) is 0 Å². The van der Waals surface area contributed by atoms with Gasteiger partial charge >= 0.3 is 6.18 Å². The van der Waals surface area contributed by atoms with Crippen molar-refractivity contribution < 1.29 is 27.8 Å². The summed E-state index contributed by atoms with van der Waals surface area (Å²) >= 11 is 0. The van der Waals surface area contributed by atoms with Crippen LogP contribution in [0.4, 0.5) is 36.2 Å². The van der Waals surface area contributed by atoms with E-state index in [0.29, 0.717) is 23.2 Å². The molecule has 3 aliphatic rings. The molecule has 1 atom stereocenters. The van der Waals surface area contributed by atoms with E-state index in [9.17, 15) is 23.1 Å². The number of aryl methyl sites for hydroxylation is 2. The van der Waals surface area contributed by atoms with E-state index in [4.69, 9.17) is 4.74 Å². The second kappa shape index (κ2) is 12.1. The molecule has 0 spiro atoms.